The minimum absolute atomic E-state index is 0.124. The number of aromatic nitrogens is 5. The zero-order valence-corrected chi connectivity index (χ0v) is 20.7. The first-order valence-corrected chi connectivity index (χ1v) is 12.9. The highest BCUT2D eigenvalue weighted by Gasteiger charge is 2.19. The Balaban J connectivity index is 1.55. The molecular formula is C24H26N6O2S2. The second kappa shape index (κ2) is 11.8. The van der Waals surface area contributed by atoms with Crippen LogP contribution in [0.4, 0.5) is 0 Å². The van der Waals surface area contributed by atoms with Crippen molar-refractivity contribution in [3.8, 4) is 22.8 Å². The van der Waals surface area contributed by atoms with Crippen molar-refractivity contribution in [1.29, 1.82) is 0 Å². The summed E-state index contributed by atoms with van der Waals surface area (Å²) in [4.78, 5) is 21.0. The number of nitrogens with one attached hydrogen (secondary N) is 1. The predicted molar refractivity (Wildman–Crippen MR) is 135 cm³/mol. The van der Waals surface area contributed by atoms with Crippen LogP contribution < -0.4 is 10.1 Å². The van der Waals surface area contributed by atoms with Gasteiger partial charge in [0.25, 0.3) is 5.91 Å². The number of hydrogen-bond donors (Lipinski definition) is 1. The summed E-state index contributed by atoms with van der Waals surface area (Å²) in [5.74, 6) is 1.86. The summed E-state index contributed by atoms with van der Waals surface area (Å²) < 4.78 is 7.58. The molecule has 176 valence electrons. The first-order valence-electron chi connectivity index (χ1n) is 11.1. The Morgan fingerprint density at radius 1 is 1.15 bits per heavy atom. The summed E-state index contributed by atoms with van der Waals surface area (Å²) in [6, 6.07) is 11.6. The van der Waals surface area contributed by atoms with E-state index in [-0.39, 0.29) is 5.91 Å². The fraction of sp³-hybridized carbons (Fsp3) is 0.292. The second-order valence-corrected chi connectivity index (χ2v) is 9.31. The SMILES string of the molecule is CCCCCNC(=O)c1csc(CSc2nnc(-c3ccncc3)n2-c2ccccc2OC)n1. The van der Waals surface area contributed by atoms with E-state index in [4.69, 9.17) is 4.74 Å². The molecule has 1 N–H and O–H groups in total. The zero-order chi connectivity index (χ0) is 23.8. The number of unbranched alkanes of at least 4 members (excludes halogenated alkanes) is 2. The van der Waals surface area contributed by atoms with Crippen LogP contribution in [-0.2, 0) is 5.75 Å². The van der Waals surface area contributed by atoms with Crippen LogP contribution in [0.1, 0.15) is 41.7 Å². The molecular weight excluding hydrogens is 468 g/mol. The van der Waals surface area contributed by atoms with Crippen LogP contribution >= 0.6 is 23.1 Å². The van der Waals surface area contributed by atoms with Crippen LogP contribution in [0.3, 0.4) is 0 Å². The maximum Gasteiger partial charge on any atom is 0.270 e. The van der Waals surface area contributed by atoms with Crippen molar-refractivity contribution in [2.24, 2.45) is 0 Å². The van der Waals surface area contributed by atoms with Crippen molar-refractivity contribution in [2.45, 2.75) is 37.1 Å². The summed E-state index contributed by atoms with van der Waals surface area (Å²) in [5.41, 5.74) is 2.20. The number of para-hydroxylation sites is 2. The highest BCUT2D eigenvalue weighted by molar-refractivity contribution is 7.98. The summed E-state index contributed by atoms with van der Waals surface area (Å²) in [6.45, 7) is 2.81. The van der Waals surface area contributed by atoms with Gasteiger partial charge in [-0.25, -0.2) is 4.98 Å². The Bertz CT molecular complexity index is 1230. The number of thiazole rings is 1. The first kappa shape index (κ1) is 23.9. The van der Waals surface area contributed by atoms with Gasteiger partial charge in [-0.05, 0) is 30.7 Å². The van der Waals surface area contributed by atoms with Gasteiger partial charge in [0, 0.05) is 29.9 Å². The molecule has 10 heteroatoms. The van der Waals surface area contributed by atoms with Crippen molar-refractivity contribution >= 4 is 29.0 Å². The van der Waals surface area contributed by atoms with Crippen LogP contribution in [0.5, 0.6) is 5.75 Å². The molecule has 0 saturated carbocycles. The summed E-state index contributed by atoms with van der Waals surface area (Å²) >= 11 is 2.98. The molecule has 0 atom stereocenters. The van der Waals surface area contributed by atoms with Crippen LogP contribution in [0.15, 0.2) is 59.3 Å². The van der Waals surface area contributed by atoms with Crippen LogP contribution in [0.2, 0.25) is 0 Å². The molecule has 1 amide bonds. The Morgan fingerprint density at radius 2 is 1.97 bits per heavy atom. The molecule has 8 nitrogen and oxygen atoms in total. The smallest absolute Gasteiger partial charge is 0.270 e. The normalized spacial score (nSPS) is 10.9. The van der Waals surface area contributed by atoms with E-state index in [1.807, 2.05) is 41.0 Å². The van der Waals surface area contributed by atoms with Gasteiger partial charge in [-0.1, -0.05) is 43.7 Å². The summed E-state index contributed by atoms with van der Waals surface area (Å²) in [6.07, 6.45) is 6.67. The van der Waals surface area contributed by atoms with Crippen LogP contribution in [0.25, 0.3) is 17.1 Å². The molecule has 4 aromatic rings. The second-order valence-electron chi connectivity index (χ2n) is 7.43. The van der Waals surface area contributed by atoms with Gasteiger partial charge in [-0.2, -0.15) is 0 Å². The number of ether oxygens (including phenoxy) is 1. The number of nitrogens with zero attached hydrogens (tertiary/aromatic N) is 5. The van der Waals surface area contributed by atoms with E-state index in [9.17, 15) is 4.79 Å². The quantitative estimate of drug-likeness (QED) is 0.231. The monoisotopic (exact) mass is 494 g/mol. The number of rotatable bonds is 11. The average molecular weight is 495 g/mol. The molecule has 0 saturated heterocycles. The van der Waals surface area contributed by atoms with Crippen molar-refractivity contribution in [3.63, 3.8) is 0 Å². The van der Waals surface area contributed by atoms with Gasteiger partial charge < -0.3 is 10.1 Å². The van der Waals surface area contributed by atoms with Crippen LogP contribution in [-0.4, -0.2) is 44.3 Å². The van der Waals surface area contributed by atoms with E-state index >= 15 is 0 Å². The number of amides is 1. The Morgan fingerprint density at radius 3 is 2.76 bits per heavy atom. The standard InChI is InChI=1S/C24H26N6O2S2/c1-3-4-7-12-26-23(31)18-15-33-21(27-18)16-34-24-29-28-22(17-10-13-25-14-11-17)30(24)19-8-5-6-9-20(19)32-2/h5-6,8-11,13-15H,3-4,7,12,16H2,1-2H3,(H,26,31). The van der Waals surface area contributed by atoms with E-state index in [0.29, 0.717) is 29.0 Å². The third-order valence-electron chi connectivity index (χ3n) is 5.07. The van der Waals surface area contributed by atoms with Crippen molar-refractivity contribution in [1.82, 2.24) is 30.0 Å². The van der Waals surface area contributed by atoms with E-state index in [1.54, 1.807) is 24.9 Å². The molecule has 0 aliphatic heterocycles. The third-order valence-corrected chi connectivity index (χ3v) is 7.04. The van der Waals surface area contributed by atoms with Crippen molar-refractivity contribution in [3.05, 3.63) is 64.9 Å². The van der Waals surface area contributed by atoms with Crippen molar-refractivity contribution in [2.75, 3.05) is 13.7 Å². The lowest BCUT2D eigenvalue weighted by atomic mass is 10.2. The zero-order valence-electron chi connectivity index (χ0n) is 19.1. The fourth-order valence-corrected chi connectivity index (χ4v) is 5.10. The van der Waals surface area contributed by atoms with Gasteiger partial charge in [-0.3, -0.25) is 14.3 Å². The largest absolute Gasteiger partial charge is 0.495 e. The van der Waals surface area contributed by atoms with E-state index in [1.165, 1.54) is 23.1 Å². The molecule has 0 unspecified atom stereocenters. The van der Waals surface area contributed by atoms with E-state index in [2.05, 4.69) is 32.4 Å². The summed E-state index contributed by atoms with van der Waals surface area (Å²) in [5, 5.41) is 15.2. The number of carbonyl (C=O) groups is 1. The molecule has 34 heavy (non-hydrogen) atoms. The molecule has 0 aliphatic rings. The lowest BCUT2D eigenvalue weighted by Crippen LogP contribution is -2.24. The van der Waals surface area contributed by atoms with Crippen molar-refractivity contribution < 1.29 is 9.53 Å². The Labute approximate surface area is 206 Å². The lowest BCUT2D eigenvalue weighted by molar-refractivity contribution is 0.0948. The van der Waals surface area contributed by atoms with Gasteiger partial charge in [0.2, 0.25) is 0 Å². The molecule has 0 aliphatic carbocycles. The number of hydrogen-bond acceptors (Lipinski definition) is 8. The molecule has 3 heterocycles. The highest BCUT2D eigenvalue weighted by Crippen LogP contribution is 2.33. The number of carbonyl (C=O) groups excluding carboxylic acids is 1. The van der Waals surface area contributed by atoms with Gasteiger partial charge >= 0.3 is 0 Å². The van der Waals surface area contributed by atoms with Gasteiger partial charge in [0.1, 0.15) is 16.5 Å². The van der Waals surface area contributed by atoms with Crippen LogP contribution in [0, 0.1) is 0 Å². The number of pyridine rings is 1. The molecule has 0 fully saturated rings. The number of thioether (sulfide) groups is 1. The molecule has 3 aromatic heterocycles. The lowest BCUT2D eigenvalue weighted by Gasteiger charge is -2.13. The maximum atomic E-state index is 12.3. The van der Waals surface area contributed by atoms with E-state index in [0.717, 1.165) is 41.3 Å². The molecule has 0 bridgehead atoms. The fourth-order valence-electron chi connectivity index (χ4n) is 3.36. The third kappa shape index (κ3) is 5.63. The molecule has 0 radical (unpaired) electrons. The molecule has 1 aromatic carbocycles. The molecule has 0 spiro atoms. The Hall–Kier alpha value is -3.24. The van der Waals surface area contributed by atoms with Gasteiger partial charge in [0.05, 0.1) is 18.6 Å². The van der Waals surface area contributed by atoms with Gasteiger partial charge in [0.15, 0.2) is 11.0 Å². The minimum Gasteiger partial charge on any atom is -0.495 e. The summed E-state index contributed by atoms with van der Waals surface area (Å²) in [7, 11) is 1.65. The minimum atomic E-state index is -0.124. The first-order chi connectivity index (χ1) is 16.7. The van der Waals surface area contributed by atoms with E-state index < -0.39 is 0 Å². The molecule has 4 rings (SSSR count). The predicted octanol–water partition coefficient (Wildman–Crippen LogP) is 5.01. The number of benzene rings is 1. The highest BCUT2D eigenvalue weighted by atomic mass is 32.2. The Kier molecular flexibility index (Phi) is 8.26. The average Bonchev–Trinajstić information content (AvgIpc) is 3.53. The topological polar surface area (TPSA) is 94.8 Å². The number of methoxy groups -OCH3 is 1. The maximum absolute atomic E-state index is 12.3. The van der Waals surface area contributed by atoms with Gasteiger partial charge in [-0.15, -0.1) is 21.5 Å².